The van der Waals surface area contributed by atoms with Gasteiger partial charge in [-0.3, -0.25) is 0 Å². The van der Waals surface area contributed by atoms with E-state index in [1.165, 1.54) is 72.6 Å². The molecule has 3 nitrogen and oxygen atoms in total. The van der Waals surface area contributed by atoms with Gasteiger partial charge in [-0.15, -0.1) is 0 Å². The molecule has 0 saturated carbocycles. The van der Waals surface area contributed by atoms with E-state index in [0.717, 1.165) is 22.7 Å². The fourth-order valence-electron chi connectivity index (χ4n) is 9.93. The number of hydrogen-bond acceptors (Lipinski definition) is 3. The highest BCUT2D eigenvalue weighted by molar-refractivity contribution is 7.00. The Balaban J connectivity index is 1.18. The monoisotopic (exact) mass is 717 g/mol. The van der Waals surface area contributed by atoms with E-state index in [9.17, 15) is 0 Å². The Labute approximate surface area is 329 Å². The molecule has 0 aromatic heterocycles. The molecule has 0 unspecified atom stereocenters. The number of aryl methyl sites for hydroxylation is 1. The van der Waals surface area contributed by atoms with Gasteiger partial charge in [-0.1, -0.05) is 129 Å². The lowest BCUT2D eigenvalue weighted by atomic mass is 9.33. The third kappa shape index (κ3) is 4.72. The van der Waals surface area contributed by atoms with Gasteiger partial charge in [-0.2, -0.15) is 0 Å². The first-order valence-electron chi connectivity index (χ1n) is 19.7. The third-order valence-electron chi connectivity index (χ3n) is 12.2. The highest BCUT2D eigenvalue weighted by Gasteiger charge is 2.45. The average Bonchev–Trinajstić information content (AvgIpc) is 3.48. The minimum Gasteiger partial charge on any atom is -0.311 e. The van der Waals surface area contributed by atoms with E-state index in [0.29, 0.717) is 0 Å². The van der Waals surface area contributed by atoms with E-state index in [4.69, 9.17) is 0 Å². The van der Waals surface area contributed by atoms with Crippen molar-refractivity contribution >= 4 is 74.3 Å². The van der Waals surface area contributed by atoms with Crippen LogP contribution in [0.3, 0.4) is 0 Å². The number of fused-ring (bicyclic) bond motifs is 7. The van der Waals surface area contributed by atoms with Crippen LogP contribution in [-0.2, 0) is 5.41 Å². The molecule has 0 bridgehead atoms. The van der Waals surface area contributed by atoms with Crippen LogP contribution in [0.25, 0.3) is 11.1 Å². The van der Waals surface area contributed by atoms with Crippen molar-refractivity contribution in [3.05, 3.63) is 205 Å². The minimum absolute atomic E-state index is 0.0425. The van der Waals surface area contributed by atoms with Gasteiger partial charge in [0.25, 0.3) is 6.71 Å². The summed E-state index contributed by atoms with van der Waals surface area (Å²) in [6.45, 7) is 7.08. The standard InChI is InChI=1S/C52H40BN3/c1-35-32-48-51-49(33-35)56(46-29-17-25-41-40-24-13-14-26-42(40)52(2,3)50(41)46)45-28-16-15-27-43(45)53(51)44-31-30-39(34-47(44)55(48)38-22-11-6-12-23-38)54(36-18-7-4-8-19-36)37-20-9-5-10-21-37/h4-34H,1-3H3. The normalized spacial score (nSPS) is 14.0. The molecule has 8 aromatic carbocycles. The Kier molecular flexibility index (Phi) is 7.21. The van der Waals surface area contributed by atoms with E-state index in [-0.39, 0.29) is 12.1 Å². The summed E-state index contributed by atoms with van der Waals surface area (Å²) in [5.41, 5.74) is 21.1. The van der Waals surface area contributed by atoms with E-state index in [1.54, 1.807) is 0 Å². The van der Waals surface area contributed by atoms with Gasteiger partial charge < -0.3 is 14.7 Å². The van der Waals surface area contributed by atoms with E-state index >= 15 is 0 Å². The summed E-state index contributed by atoms with van der Waals surface area (Å²) in [5, 5.41) is 0. The predicted octanol–water partition coefficient (Wildman–Crippen LogP) is 11.9. The lowest BCUT2D eigenvalue weighted by molar-refractivity contribution is 0.661. The molecule has 0 amide bonds. The fraction of sp³-hybridized carbons (Fsp3) is 0.0769. The molecule has 0 spiro atoms. The second-order valence-corrected chi connectivity index (χ2v) is 15.8. The molecule has 56 heavy (non-hydrogen) atoms. The van der Waals surface area contributed by atoms with Crippen LogP contribution in [0.4, 0.5) is 51.2 Å². The molecule has 0 radical (unpaired) electrons. The summed E-state index contributed by atoms with van der Waals surface area (Å²) < 4.78 is 0. The van der Waals surface area contributed by atoms with Crippen molar-refractivity contribution in [3.8, 4) is 11.1 Å². The van der Waals surface area contributed by atoms with Crippen LogP contribution in [0.2, 0.25) is 0 Å². The van der Waals surface area contributed by atoms with Crippen molar-refractivity contribution < 1.29 is 0 Å². The zero-order chi connectivity index (χ0) is 37.5. The summed E-state index contributed by atoms with van der Waals surface area (Å²) in [5.74, 6) is 0. The molecule has 266 valence electrons. The fourth-order valence-corrected chi connectivity index (χ4v) is 9.93. The highest BCUT2D eigenvalue weighted by atomic mass is 15.2. The van der Waals surface area contributed by atoms with Gasteiger partial charge in [-0.05, 0) is 124 Å². The van der Waals surface area contributed by atoms with E-state index < -0.39 is 0 Å². The van der Waals surface area contributed by atoms with Crippen molar-refractivity contribution in [2.75, 3.05) is 14.7 Å². The first-order chi connectivity index (χ1) is 27.5. The van der Waals surface area contributed by atoms with Crippen molar-refractivity contribution in [2.24, 2.45) is 0 Å². The number of rotatable bonds is 5. The van der Waals surface area contributed by atoms with Gasteiger partial charge >= 0.3 is 0 Å². The van der Waals surface area contributed by atoms with Crippen LogP contribution < -0.4 is 31.1 Å². The Hall–Kier alpha value is -6.78. The van der Waals surface area contributed by atoms with Crippen molar-refractivity contribution in [3.63, 3.8) is 0 Å². The largest absolute Gasteiger partial charge is 0.311 e. The molecule has 1 aliphatic carbocycles. The highest BCUT2D eigenvalue weighted by Crippen LogP contribution is 2.55. The average molecular weight is 718 g/mol. The molecule has 11 rings (SSSR count). The van der Waals surface area contributed by atoms with Gasteiger partial charge in [0.1, 0.15) is 0 Å². The maximum atomic E-state index is 2.58. The zero-order valence-electron chi connectivity index (χ0n) is 31.8. The Morgan fingerprint density at radius 2 is 1.02 bits per heavy atom. The van der Waals surface area contributed by atoms with E-state index in [1.807, 2.05) is 0 Å². The van der Waals surface area contributed by atoms with Crippen LogP contribution in [0.15, 0.2) is 188 Å². The summed E-state index contributed by atoms with van der Waals surface area (Å²) in [4.78, 5) is 7.46. The molecule has 3 aliphatic rings. The van der Waals surface area contributed by atoms with Gasteiger partial charge in [-0.25, -0.2) is 0 Å². The van der Waals surface area contributed by atoms with Gasteiger partial charge in [0.15, 0.2) is 0 Å². The first-order valence-corrected chi connectivity index (χ1v) is 19.7. The first kappa shape index (κ1) is 32.6. The summed E-state index contributed by atoms with van der Waals surface area (Å²) in [7, 11) is 0. The number of hydrogen-bond donors (Lipinski definition) is 0. The maximum Gasteiger partial charge on any atom is 0.252 e. The molecule has 2 heterocycles. The minimum atomic E-state index is -0.166. The molecule has 8 aromatic rings. The molecule has 0 N–H and O–H groups in total. The van der Waals surface area contributed by atoms with Crippen molar-refractivity contribution in [2.45, 2.75) is 26.2 Å². The SMILES string of the molecule is Cc1cc2c3c(c1)N(c1cccc4c1C(C)(C)c1ccccc1-4)c1ccccc1B3c1ccc(N(c3ccccc3)c3ccccc3)cc1N2c1ccccc1. The maximum absolute atomic E-state index is 2.58. The number of anilines is 9. The quantitative estimate of drug-likeness (QED) is 0.164. The second-order valence-electron chi connectivity index (χ2n) is 15.8. The number of nitrogens with zero attached hydrogens (tertiary/aromatic N) is 3. The zero-order valence-corrected chi connectivity index (χ0v) is 31.8. The van der Waals surface area contributed by atoms with Crippen LogP contribution >= 0.6 is 0 Å². The van der Waals surface area contributed by atoms with Crippen LogP contribution in [0.1, 0.15) is 30.5 Å². The third-order valence-corrected chi connectivity index (χ3v) is 12.2. The molecule has 4 heteroatoms. The molecule has 0 saturated heterocycles. The second kappa shape index (κ2) is 12.4. The van der Waals surface area contributed by atoms with Crippen LogP contribution in [-0.4, -0.2) is 6.71 Å². The number of para-hydroxylation sites is 4. The molecule has 0 atom stereocenters. The Bertz CT molecular complexity index is 2770. The number of benzene rings is 8. The van der Waals surface area contributed by atoms with Crippen molar-refractivity contribution in [1.82, 2.24) is 0 Å². The topological polar surface area (TPSA) is 9.72 Å². The molecular weight excluding hydrogens is 677 g/mol. The Morgan fingerprint density at radius 3 is 1.75 bits per heavy atom. The van der Waals surface area contributed by atoms with E-state index in [2.05, 4.69) is 224 Å². The Morgan fingerprint density at radius 1 is 0.446 bits per heavy atom. The summed E-state index contributed by atoms with van der Waals surface area (Å²) >= 11 is 0. The van der Waals surface area contributed by atoms with Gasteiger partial charge in [0.05, 0.1) is 5.69 Å². The lowest BCUT2D eigenvalue weighted by Crippen LogP contribution is -2.61. The molecule has 2 aliphatic heterocycles. The predicted molar refractivity (Wildman–Crippen MR) is 237 cm³/mol. The summed E-state index contributed by atoms with van der Waals surface area (Å²) in [6.07, 6.45) is 0. The van der Waals surface area contributed by atoms with Crippen LogP contribution in [0.5, 0.6) is 0 Å². The van der Waals surface area contributed by atoms with Crippen LogP contribution in [0, 0.1) is 6.92 Å². The smallest absolute Gasteiger partial charge is 0.252 e. The lowest BCUT2D eigenvalue weighted by Gasteiger charge is -2.45. The molecular formula is C52H40BN3. The van der Waals surface area contributed by atoms with Gasteiger partial charge in [0.2, 0.25) is 0 Å². The van der Waals surface area contributed by atoms with Gasteiger partial charge in [0, 0.05) is 50.9 Å². The van der Waals surface area contributed by atoms with Crippen molar-refractivity contribution in [1.29, 1.82) is 0 Å². The summed E-state index contributed by atoms with van der Waals surface area (Å²) in [6, 6.07) is 69.3. The molecule has 0 fully saturated rings.